The number of urea groups is 1. The van der Waals surface area contributed by atoms with E-state index in [2.05, 4.69) is 0 Å². The summed E-state index contributed by atoms with van der Waals surface area (Å²) < 4.78 is 11.5. The van der Waals surface area contributed by atoms with E-state index >= 15 is 0 Å². The Kier molecular flexibility index (Phi) is 6.39. The molecule has 1 fully saturated rings. The number of methoxy groups -OCH3 is 1. The number of amides is 3. The third-order valence-corrected chi connectivity index (χ3v) is 6.02. The molecule has 2 aromatic rings. The first kappa shape index (κ1) is 21.1. The van der Waals surface area contributed by atoms with Crippen LogP contribution >= 0.6 is 0 Å². The molecule has 0 saturated carbocycles. The number of carbonyl (C=O) groups is 2. The van der Waals surface area contributed by atoms with E-state index in [0.717, 1.165) is 24.0 Å². The zero-order chi connectivity index (χ0) is 21.8. The number of fused-ring (bicyclic) bond motifs is 1. The number of hydrogen-bond acceptors (Lipinski definition) is 5. The molecule has 0 radical (unpaired) electrons. The minimum absolute atomic E-state index is 0.0305. The molecule has 2 aromatic carbocycles. The van der Waals surface area contributed by atoms with Crippen molar-refractivity contribution in [3.63, 3.8) is 0 Å². The molecular formula is C23H27N3O5. The van der Waals surface area contributed by atoms with Gasteiger partial charge in [-0.15, -0.1) is 0 Å². The second-order valence-corrected chi connectivity index (χ2v) is 7.83. The molecule has 164 valence electrons. The van der Waals surface area contributed by atoms with Gasteiger partial charge >= 0.3 is 6.03 Å². The van der Waals surface area contributed by atoms with Gasteiger partial charge < -0.3 is 19.3 Å². The van der Waals surface area contributed by atoms with E-state index in [-0.39, 0.29) is 24.8 Å². The van der Waals surface area contributed by atoms with Crippen LogP contribution in [0.4, 0.5) is 4.79 Å². The summed E-state index contributed by atoms with van der Waals surface area (Å²) in [5.41, 5.74) is 3.73. The number of benzene rings is 2. The molecule has 8 heteroatoms. The summed E-state index contributed by atoms with van der Waals surface area (Å²) >= 11 is 0. The van der Waals surface area contributed by atoms with Crippen LogP contribution in [0, 0.1) is 0 Å². The van der Waals surface area contributed by atoms with Gasteiger partial charge in [0.2, 0.25) is 0 Å². The summed E-state index contributed by atoms with van der Waals surface area (Å²) in [6, 6.07) is 14.5. The van der Waals surface area contributed by atoms with Crippen molar-refractivity contribution >= 4 is 11.9 Å². The van der Waals surface area contributed by atoms with Gasteiger partial charge in [-0.05, 0) is 30.5 Å². The summed E-state index contributed by atoms with van der Waals surface area (Å²) in [4.78, 5) is 29.1. The lowest BCUT2D eigenvalue weighted by atomic mass is 10.0. The fraction of sp³-hybridized carbons (Fsp3) is 0.391. The van der Waals surface area contributed by atoms with Crippen LogP contribution < -0.4 is 10.2 Å². The fourth-order valence-corrected chi connectivity index (χ4v) is 4.19. The molecule has 1 atom stereocenters. The lowest BCUT2D eigenvalue weighted by Gasteiger charge is -2.38. The first-order valence-corrected chi connectivity index (χ1v) is 10.4. The first-order valence-electron chi connectivity index (χ1n) is 10.4. The Hall–Kier alpha value is -3.10. The van der Waals surface area contributed by atoms with Crippen LogP contribution in [0.15, 0.2) is 48.5 Å². The molecule has 0 aromatic heterocycles. The van der Waals surface area contributed by atoms with Crippen molar-refractivity contribution < 1.29 is 24.3 Å². The number of carbonyl (C=O) groups excluding carboxylic acids is 2. The minimum atomic E-state index is -0.607. The first-order chi connectivity index (χ1) is 15.1. The smallest absolute Gasteiger partial charge is 0.320 e. The number of ether oxygens (including phenoxy) is 2. The molecule has 1 unspecified atom stereocenters. The maximum absolute atomic E-state index is 13.6. The third kappa shape index (κ3) is 4.50. The number of rotatable bonds is 3. The minimum Gasteiger partial charge on any atom is -0.491 e. The molecule has 4 rings (SSSR count). The molecule has 31 heavy (non-hydrogen) atoms. The van der Waals surface area contributed by atoms with Crippen LogP contribution in [0.5, 0.6) is 5.75 Å². The van der Waals surface area contributed by atoms with E-state index in [9.17, 15) is 9.59 Å². The molecule has 8 nitrogen and oxygen atoms in total. The normalized spacial score (nSPS) is 19.2. The molecule has 2 aliphatic rings. The second kappa shape index (κ2) is 9.36. The van der Waals surface area contributed by atoms with Crippen molar-refractivity contribution in [3.05, 3.63) is 65.2 Å². The van der Waals surface area contributed by atoms with Crippen molar-refractivity contribution in [2.24, 2.45) is 0 Å². The Bertz CT molecular complexity index is 928. The quantitative estimate of drug-likeness (QED) is 0.583. The van der Waals surface area contributed by atoms with Crippen LogP contribution in [0.25, 0.3) is 0 Å². The maximum atomic E-state index is 13.6. The highest BCUT2D eigenvalue weighted by atomic mass is 16.5. The number of hydroxylamine groups is 1. The summed E-state index contributed by atoms with van der Waals surface area (Å²) in [5, 5.41) is 8.93. The summed E-state index contributed by atoms with van der Waals surface area (Å²) in [5.74, 6) is -0.0698. The van der Waals surface area contributed by atoms with Crippen molar-refractivity contribution in [2.75, 3.05) is 26.8 Å². The number of piperidine rings is 1. The monoisotopic (exact) mass is 425 g/mol. The van der Waals surface area contributed by atoms with Crippen molar-refractivity contribution in [2.45, 2.75) is 31.5 Å². The Labute approximate surface area is 181 Å². The van der Waals surface area contributed by atoms with Gasteiger partial charge in [0.25, 0.3) is 5.91 Å². The standard InChI is InChI=1S/C23H27N3O5/c1-30-19-9-11-25(12-10-19)23(28)26-14-18-8-7-17(22(27)24-29)13-21(18)31-15-20(26)16-5-3-2-4-6-16/h2-8,13,19-20,29H,9-12,14-15H2,1H3,(H,24,27). The molecule has 0 aliphatic carbocycles. The molecule has 3 amide bonds. The molecule has 2 heterocycles. The summed E-state index contributed by atoms with van der Waals surface area (Å²) in [6.45, 7) is 1.93. The third-order valence-electron chi connectivity index (χ3n) is 6.02. The van der Waals surface area contributed by atoms with Gasteiger partial charge in [0.15, 0.2) is 0 Å². The fourth-order valence-electron chi connectivity index (χ4n) is 4.19. The highest BCUT2D eigenvalue weighted by molar-refractivity contribution is 5.93. The van der Waals surface area contributed by atoms with Crippen LogP contribution in [0.2, 0.25) is 0 Å². The summed E-state index contributed by atoms with van der Waals surface area (Å²) in [6.07, 6.45) is 1.83. The van der Waals surface area contributed by atoms with Crippen LogP contribution in [0.3, 0.4) is 0 Å². The summed E-state index contributed by atoms with van der Waals surface area (Å²) in [7, 11) is 1.71. The second-order valence-electron chi connectivity index (χ2n) is 7.83. The number of hydrogen-bond donors (Lipinski definition) is 2. The van der Waals surface area contributed by atoms with E-state index < -0.39 is 5.91 Å². The topological polar surface area (TPSA) is 91.3 Å². The van der Waals surface area contributed by atoms with E-state index in [1.807, 2.05) is 40.1 Å². The largest absolute Gasteiger partial charge is 0.491 e. The highest BCUT2D eigenvalue weighted by Gasteiger charge is 2.34. The van der Waals surface area contributed by atoms with Gasteiger partial charge in [-0.3, -0.25) is 10.0 Å². The molecular weight excluding hydrogens is 398 g/mol. The van der Waals surface area contributed by atoms with Crippen molar-refractivity contribution in [3.8, 4) is 5.75 Å². The maximum Gasteiger partial charge on any atom is 0.320 e. The van der Waals surface area contributed by atoms with Gasteiger partial charge in [-0.1, -0.05) is 36.4 Å². The zero-order valence-corrected chi connectivity index (χ0v) is 17.5. The van der Waals surface area contributed by atoms with Crippen LogP contribution in [-0.2, 0) is 11.3 Å². The van der Waals surface area contributed by atoms with Crippen LogP contribution in [-0.4, -0.2) is 59.9 Å². The molecule has 0 bridgehead atoms. The van der Waals surface area contributed by atoms with Gasteiger partial charge in [-0.25, -0.2) is 10.3 Å². The lowest BCUT2D eigenvalue weighted by Crippen LogP contribution is -2.49. The van der Waals surface area contributed by atoms with Gasteiger partial charge in [0.1, 0.15) is 12.4 Å². The van der Waals surface area contributed by atoms with E-state index in [1.165, 1.54) is 0 Å². The van der Waals surface area contributed by atoms with Gasteiger partial charge in [-0.2, -0.15) is 0 Å². The van der Waals surface area contributed by atoms with Crippen molar-refractivity contribution in [1.29, 1.82) is 0 Å². The predicted octanol–water partition coefficient (Wildman–Crippen LogP) is 2.97. The molecule has 0 spiro atoms. The van der Waals surface area contributed by atoms with E-state index in [0.29, 0.717) is 30.9 Å². The average molecular weight is 425 g/mol. The highest BCUT2D eigenvalue weighted by Crippen LogP contribution is 2.33. The lowest BCUT2D eigenvalue weighted by molar-refractivity contribution is 0.0398. The van der Waals surface area contributed by atoms with E-state index in [1.54, 1.807) is 30.8 Å². The predicted molar refractivity (Wildman–Crippen MR) is 113 cm³/mol. The molecule has 2 aliphatic heterocycles. The van der Waals surface area contributed by atoms with Gasteiger partial charge in [0, 0.05) is 31.3 Å². The van der Waals surface area contributed by atoms with Crippen LogP contribution in [0.1, 0.15) is 40.4 Å². The number of nitrogens with one attached hydrogen (secondary N) is 1. The average Bonchev–Trinajstić information content (AvgIpc) is 3.03. The molecule has 1 saturated heterocycles. The van der Waals surface area contributed by atoms with Crippen molar-refractivity contribution in [1.82, 2.24) is 15.3 Å². The zero-order valence-electron chi connectivity index (χ0n) is 17.5. The number of likely N-dealkylation sites (tertiary alicyclic amines) is 1. The number of nitrogens with zero attached hydrogens (tertiary/aromatic N) is 2. The van der Waals surface area contributed by atoms with E-state index in [4.69, 9.17) is 14.7 Å². The SMILES string of the molecule is COC1CCN(C(=O)N2Cc3ccc(C(=O)NO)cc3OCC2c2ccccc2)CC1. The molecule has 2 N–H and O–H groups in total. The Balaban J connectivity index is 1.63. The Morgan fingerprint density at radius 1 is 1.13 bits per heavy atom. The van der Waals surface area contributed by atoms with Gasteiger partial charge in [0.05, 0.1) is 18.7 Å². The Morgan fingerprint density at radius 2 is 1.87 bits per heavy atom. The Morgan fingerprint density at radius 3 is 2.55 bits per heavy atom.